The second-order valence-electron chi connectivity index (χ2n) is 6.06. The van der Waals surface area contributed by atoms with Crippen molar-refractivity contribution in [1.82, 2.24) is 5.32 Å². The molecule has 2 fully saturated rings. The predicted octanol–water partition coefficient (Wildman–Crippen LogP) is 1.84. The summed E-state index contributed by atoms with van der Waals surface area (Å²) < 4.78 is 0. The van der Waals surface area contributed by atoms with Crippen LogP contribution >= 0.6 is 0 Å². The Morgan fingerprint density at radius 1 is 1.15 bits per heavy atom. The van der Waals surface area contributed by atoms with Crippen LogP contribution in [0.4, 0.5) is 0 Å². The van der Waals surface area contributed by atoms with Crippen LogP contribution in [0.2, 0.25) is 0 Å². The zero-order valence-electron chi connectivity index (χ0n) is 11.5. The van der Waals surface area contributed by atoms with Gasteiger partial charge in [0.05, 0.1) is 0 Å². The Morgan fingerprint density at radius 3 is 2.45 bits per heavy atom. The van der Waals surface area contributed by atoms with Crippen LogP contribution in [0.1, 0.15) is 41.6 Å². The van der Waals surface area contributed by atoms with Crippen LogP contribution in [-0.2, 0) is 11.3 Å². The molecule has 2 bridgehead atoms. The van der Waals surface area contributed by atoms with E-state index in [1.165, 1.54) is 19.3 Å². The lowest BCUT2D eigenvalue weighted by atomic mass is 9.88. The number of nitrogens with two attached hydrogens (primary N) is 1. The number of rotatable bonds is 4. The van der Waals surface area contributed by atoms with Crippen molar-refractivity contribution < 1.29 is 9.59 Å². The van der Waals surface area contributed by atoms with E-state index in [9.17, 15) is 9.59 Å². The van der Waals surface area contributed by atoms with Gasteiger partial charge in [-0.15, -0.1) is 0 Å². The van der Waals surface area contributed by atoms with Gasteiger partial charge in [0.15, 0.2) is 0 Å². The van der Waals surface area contributed by atoms with Gasteiger partial charge in [0.25, 0.3) is 0 Å². The highest BCUT2D eigenvalue weighted by Crippen LogP contribution is 2.48. The molecule has 0 aromatic heterocycles. The first-order valence-corrected chi connectivity index (χ1v) is 7.30. The minimum atomic E-state index is -0.428. The molecule has 2 aliphatic rings. The van der Waals surface area contributed by atoms with Crippen molar-refractivity contribution in [3.05, 3.63) is 35.4 Å². The van der Waals surface area contributed by atoms with E-state index in [1.54, 1.807) is 12.1 Å². The lowest BCUT2D eigenvalue weighted by molar-refractivity contribution is -0.126. The van der Waals surface area contributed by atoms with Gasteiger partial charge in [-0.05, 0) is 48.8 Å². The van der Waals surface area contributed by atoms with Crippen LogP contribution in [0.3, 0.4) is 0 Å². The molecule has 4 heteroatoms. The van der Waals surface area contributed by atoms with Crippen LogP contribution in [0, 0.1) is 17.8 Å². The molecule has 3 atom stereocenters. The van der Waals surface area contributed by atoms with Crippen molar-refractivity contribution >= 4 is 11.8 Å². The molecule has 20 heavy (non-hydrogen) atoms. The highest BCUT2D eigenvalue weighted by atomic mass is 16.2. The van der Waals surface area contributed by atoms with Crippen LogP contribution in [0.5, 0.6) is 0 Å². The molecule has 3 unspecified atom stereocenters. The quantitative estimate of drug-likeness (QED) is 0.877. The molecule has 0 heterocycles. The molecule has 2 aliphatic carbocycles. The molecular formula is C16H20N2O2. The minimum absolute atomic E-state index is 0.191. The SMILES string of the molecule is NC(=O)c1ccc(CNC(=O)C2CC3CCC2C3)cc1. The molecule has 4 nitrogen and oxygen atoms in total. The van der Waals surface area contributed by atoms with E-state index in [0.29, 0.717) is 18.0 Å². The van der Waals surface area contributed by atoms with Crippen molar-refractivity contribution in [2.45, 2.75) is 32.2 Å². The summed E-state index contributed by atoms with van der Waals surface area (Å²) in [6, 6.07) is 7.06. The Morgan fingerprint density at radius 2 is 1.90 bits per heavy atom. The first-order chi connectivity index (χ1) is 9.63. The molecule has 0 saturated heterocycles. The molecule has 3 N–H and O–H groups in total. The third-order valence-corrected chi connectivity index (χ3v) is 4.78. The summed E-state index contributed by atoms with van der Waals surface area (Å²) in [6.07, 6.45) is 4.83. The summed E-state index contributed by atoms with van der Waals surface area (Å²) >= 11 is 0. The molecular weight excluding hydrogens is 252 g/mol. The number of hydrogen-bond donors (Lipinski definition) is 2. The van der Waals surface area contributed by atoms with E-state index in [0.717, 1.165) is 17.9 Å². The third kappa shape index (κ3) is 2.55. The largest absolute Gasteiger partial charge is 0.366 e. The second kappa shape index (κ2) is 5.27. The molecule has 1 aromatic carbocycles. The summed E-state index contributed by atoms with van der Waals surface area (Å²) in [5, 5.41) is 3.02. The first-order valence-electron chi connectivity index (χ1n) is 7.30. The molecule has 2 amide bonds. The van der Waals surface area contributed by atoms with Gasteiger partial charge in [0.2, 0.25) is 11.8 Å². The Labute approximate surface area is 118 Å². The Balaban J connectivity index is 1.54. The van der Waals surface area contributed by atoms with Crippen LogP contribution < -0.4 is 11.1 Å². The number of fused-ring (bicyclic) bond motifs is 2. The topological polar surface area (TPSA) is 72.2 Å². The number of primary amides is 1. The van der Waals surface area contributed by atoms with Crippen molar-refractivity contribution in [3.8, 4) is 0 Å². The van der Waals surface area contributed by atoms with Gasteiger partial charge < -0.3 is 11.1 Å². The molecule has 0 spiro atoms. The highest BCUT2D eigenvalue weighted by Gasteiger charge is 2.42. The number of benzene rings is 1. The van der Waals surface area contributed by atoms with E-state index < -0.39 is 5.91 Å². The summed E-state index contributed by atoms with van der Waals surface area (Å²) in [6.45, 7) is 0.520. The molecule has 3 rings (SSSR count). The molecule has 106 valence electrons. The maximum atomic E-state index is 12.2. The fourth-order valence-electron chi connectivity index (χ4n) is 3.67. The van der Waals surface area contributed by atoms with E-state index in [2.05, 4.69) is 5.32 Å². The van der Waals surface area contributed by atoms with E-state index in [-0.39, 0.29) is 11.8 Å². The van der Waals surface area contributed by atoms with Crippen LogP contribution in [-0.4, -0.2) is 11.8 Å². The lowest BCUT2D eigenvalue weighted by Gasteiger charge is -2.20. The molecule has 2 saturated carbocycles. The fraction of sp³-hybridized carbons (Fsp3) is 0.500. The van der Waals surface area contributed by atoms with Crippen molar-refractivity contribution in [2.24, 2.45) is 23.5 Å². The number of carbonyl (C=O) groups excluding carboxylic acids is 2. The van der Waals surface area contributed by atoms with Gasteiger partial charge >= 0.3 is 0 Å². The summed E-state index contributed by atoms with van der Waals surface area (Å²) in [7, 11) is 0. The maximum absolute atomic E-state index is 12.2. The van der Waals surface area contributed by atoms with Crippen molar-refractivity contribution in [2.75, 3.05) is 0 Å². The van der Waals surface area contributed by atoms with Gasteiger partial charge in [-0.1, -0.05) is 18.6 Å². The monoisotopic (exact) mass is 272 g/mol. The first kappa shape index (κ1) is 13.2. The molecule has 1 aromatic rings. The van der Waals surface area contributed by atoms with Crippen molar-refractivity contribution in [3.63, 3.8) is 0 Å². The number of amides is 2. The van der Waals surface area contributed by atoms with Crippen molar-refractivity contribution in [1.29, 1.82) is 0 Å². The molecule has 0 aliphatic heterocycles. The highest BCUT2D eigenvalue weighted by molar-refractivity contribution is 5.92. The van der Waals surface area contributed by atoms with Gasteiger partial charge in [-0.2, -0.15) is 0 Å². The van der Waals surface area contributed by atoms with E-state index in [4.69, 9.17) is 5.73 Å². The normalized spacial score (nSPS) is 27.5. The zero-order chi connectivity index (χ0) is 14.1. The van der Waals surface area contributed by atoms with Crippen LogP contribution in [0.25, 0.3) is 0 Å². The zero-order valence-corrected chi connectivity index (χ0v) is 11.5. The average Bonchev–Trinajstić information content (AvgIpc) is 3.08. The van der Waals surface area contributed by atoms with Gasteiger partial charge in [0.1, 0.15) is 0 Å². The lowest BCUT2D eigenvalue weighted by Crippen LogP contribution is -2.33. The van der Waals surface area contributed by atoms with Crippen LogP contribution in [0.15, 0.2) is 24.3 Å². The third-order valence-electron chi connectivity index (χ3n) is 4.78. The predicted molar refractivity (Wildman–Crippen MR) is 75.7 cm³/mol. The second-order valence-corrected chi connectivity index (χ2v) is 6.06. The summed E-state index contributed by atoms with van der Waals surface area (Å²) in [5.41, 5.74) is 6.68. The number of nitrogens with one attached hydrogen (secondary N) is 1. The Kier molecular flexibility index (Phi) is 3.47. The summed E-state index contributed by atoms with van der Waals surface area (Å²) in [4.78, 5) is 23.2. The average molecular weight is 272 g/mol. The Bertz CT molecular complexity index is 524. The van der Waals surface area contributed by atoms with Gasteiger partial charge in [0, 0.05) is 18.0 Å². The standard InChI is InChI=1S/C16H20N2O2/c17-15(19)12-4-1-10(2-5-12)9-18-16(20)14-8-11-3-6-13(14)7-11/h1-2,4-5,11,13-14H,3,6-9H2,(H2,17,19)(H,18,20). The van der Waals surface area contributed by atoms with Gasteiger partial charge in [-0.3, -0.25) is 9.59 Å². The summed E-state index contributed by atoms with van der Waals surface area (Å²) in [5.74, 6) is 1.38. The Hall–Kier alpha value is -1.84. The minimum Gasteiger partial charge on any atom is -0.366 e. The number of carbonyl (C=O) groups is 2. The molecule has 0 radical (unpaired) electrons. The maximum Gasteiger partial charge on any atom is 0.248 e. The fourth-order valence-corrected chi connectivity index (χ4v) is 3.67. The smallest absolute Gasteiger partial charge is 0.248 e. The van der Waals surface area contributed by atoms with Gasteiger partial charge in [-0.25, -0.2) is 0 Å². The van der Waals surface area contributed by atoms with E-state index in [1.807, 2.05) is 12.1 Å². The van der Waals surface area contributed by atoms with E-state index >= 15 is 0 Å². The number of hydrogen-bond acceptors (Lipinski definition) is 2.